The predicted octanol–water partition coefficient (Wildman–Crippen LogP) is 3.63. The number of aliphatic carboxylic acids is 1. The van der Waals surface area contributed by atoms with Gasteiger partial charge in [0.15, 0.2) is 5.75 Å². The molecule has 0 saturated carbocycles. The molecule has 4 rings (SSSR count). The van der Waals surface area contributed by atoms with Crippen LogP contribution in [0.25, 0.3) is 21.0 Å². The van der Waals surface area contributed by atoms with Gasteiger partial charge < -0.3 is 24.5 Å². The molecule has 0 aliphatic carbocycles. The molecule has 1 aliphatic heterocycles. The molecule has 3 aromatic rings. The van der Waals surface area contributed by atoms with Crippen LogP contribution in [0.1, 0.15) is 29.4 Å². The van der Waals surface area contributed by atoms with Crippen molar-refractivity contribution < 1.29 is 37.3 Å². The summed E-state index contributed by atoms with van der Waals surface area (Å²) >= 11 is 1.34. The van der Waals surface area contributed by atoms with Crippen molar-refractivity contribution in [2.75, 3.05) is 46.0 Å². The average molecular weight is 558 g/mol. The van der Waals surface area contributed by atoms with Crippen LogP contribution in [-0.2, 0) is 16.6 Å². The summed E-state index contributed by atoms with van der Waals surface area (Å²) in [4.78, 5) is 37.9. The number of carboxylic acids is 1. The van der Waals surface area contributed by atoms with Crippen molar-refractivity contribution in [3.63, 3.8) is 0 Å². The molecule has 208 valence electrons. The van der Waals surface area contributed by atoms with E-state index in [0.29, 0.717) is 29.2 Å². The number of nitrogens with one attached hydrogen (secondary N) is 1. The van der Waals surface area contributed by atoms with Crippen LogP contribution in [0, 0.1) is 0 Å². The highest BCUT2D eigenvalue weighted by Crippen LogP contribution is 2.39. The second kappa shape index (κ2) is 13.1. The fraction of sp³-hybridized carbons (Fsp3) is 0.480. The van der Waals surface area contributed by atoms with Gasteiger partial charge in [-0.2, -0.15) is 13.2 Å². The molecule has 0 spiro atoms. The van der Waals surface area contributed by atoms with Crippen molar-refractivity contribution in [3.05, 3.63) is 39.5 Å². The Bertz CT molecular complexity index is 1330. The maximum atomic E-state index is 13.3. The monoisotopic (exact) mass is 557 g/mol. The number of amides is 1. The Morgan fingerprint density at radius 3 is 2.50 bits per heavy atom. The van der Waals surface area contributed by atoms with E-state index in [4.69, 9.17) is 19.4 Å². The van der Waals surface area contributed by atoms with E-state index >= 15 is 0 Å². The number of benzene rings is 1. The number of thiophene rings is 1. The third-order valence-corrected chi connectivity index (χ3v) is 7.12. The van der Waals surface area contributed by atoms with Gasteiger partial charge in [-0.05, 0) is 12.5 Å². The second-order valence-corrected chi connectivity index (χ2v) is 9.58. The van der Waals surface area contributed by atoms with Gasteiger partial charge in [-0.25, -0.2) is 4.79 Å². The lowest BCUT2D eigenvalue weighted by atomic mass is 10.1. The summed E-state index contributed by atoms with van der Waals surface area (Å²) in [6, 6.07) is 7.78. The zero-order chi connectivity index (χ0) is 27.9. The Hall–Kier alpha value is -3.16. The van der Waals surface area contributed by atoms with Crippen LogP contribution in [0.15, 0.2) is 29.1 Å². The molecule has 1 aliphatic rings. The first-order chi connectivity index (χ1) is 18.1. The summed E-state index contributed by atoms with van der Waals surface area (Å²) in [5.41, 5.74) is 0.706. The number of morpholine rings is 1. The number of rotatable bonds is 8. The number of ether oxygens (including phenoxy) is 2. The Labute approximate surface area is 220 Å². The summed E-state index contributed by atoms with van der Waals surface area (Å²) < 4.78 is 45.7. The molecule has 1 saturated heterocycles. The lowest BCUT2D eigenvalue weighted by Gasteiger charge is -2.26. The molecule has 2 aromatic heterocycles. The Kier molecular flexibility index (Phi) is 10.1. The molecule has 0 atom stereocenters. The van der Waals surface area contributed by atoms with Crippen molar-refractivity contribution in [3.8, 4) is 5.75 Å². The minimum absolute atomic E-state index is 0.140. The summed E-state index contributed by atoms with van der Waals surface area (Å²) in [7, 11) is 1.76. The minimum atomic E-state index is -5.08. The van der Waals surface area contributed by atoms with E-state index in [-0.39, 0.29) is 11.5 Å². The van der Waals surface area contributed by atoms with Gasteiger partial charge >= 0.3 is 12.1 Å². The van der Waals surface area contributed by atoms with Gasteiger partial charge in [0.1, 0.15) is 16.9 Å². The van der Waals surface area contributed by atoms with Crippen LogP contribution in [0.3, 0.4) is 0 Å². The number of fused-ring (bicyclic) bond motifs is 3. The Morgan fingerprint density at radius 1 is 1.21 bits per heavy atom. The molecule has 9 nitrogen and oxygen atoms in total. The molecule has 1 aromatic carbocycles. The molecule has 2 N–H and O–H groups in total. The average Bonchev–Trinajstić information content (AvgIpc) is 3.28. The topological polar surface area (TPSA) is 110 Å². The maximum absolute atomic E-state index is 13.3. The van der Waals surface area contributed by atoms with Crippen molar-refractivity contribution in [1.82, 2.24) is 14.8 Å². The Balaban J connectivity index is 0.000000505. The molecular weight excluding hydrogens is 527 g/mol. The maximum Gasteiger partial charge on any atom is 0.490 e. The largest absolute Gasteiger partial charge is 0.490 e. The van der Waals surface area contributed by atoms with Crippen LogP contribution < -0.4 is 15.6 Å². The quantitative estimate of drug-likeness (QED) is 0.407. The summed E-state index contributed by atoms with van der Waals surface area (Å²) in [5, 5.41) is 11.6. The lowest BCUT2D eigenvalue weighted by Crippen LogP contribution is -2.38. The molecule has 0 unspecified atom stereocenters. The van der Waals surface area contributed by atoms with Crippen LogP contribution in [0.5, 0.6) is 5.75 Å². The van der Waals surface area contributed by atoms with Crippen molar-refractivity contribution in [2.24, 2.45) is 7.05 Å². The molecule has 3 heterocycles. The highest BCUT2D eigenvalue weighted by molar-refractivity contribution is 7.22. The fourth-order valence-electron chi connectivity index (χ4n) is 3.88. The normalized spacial score (nSPS) is 14.2. The number of alkyl halides is 3. The first-order valence-corrected chi connectivity index (χ1v) is 12.9. The first-order valence-electron chi connectivity index (χ1n) is 12.1. The van der Waals surface area contributed by atoms with Crippen molar-refractivity contribution >= 4 is 44.2 Å². The smallest absolute Gasteiger partial charge is 0.490 e. The highest BCUT2D eigenvalue weighted by Gasteiger charge is 2.38. The van der Waals surface area contributed by atoms with Gasteiger partial charge in [0.25, 0.3) is 11.5 Å². The van der Waals surface area contributed by atoms with Gasteiger partial charge in [0, 0.05) is 38.6 Å². The molecule has 38 heavy (non-hydrogen) atoms. The number of para-hydroxylation sites is 1. The molecule has 0 bridgehead atoms. The van der Waals surface area contributed by atoms with E-state index < -0.39 is 12.1 Å². The first kappa shape index (κ1) is 29.4. The second-order valence-electron chi connectivity index (χ2n) is 8.56. The van der Waals surface area contributed by atoms with E-state index in [1.54, 1.807) is 11.6 Å². The SMILES string of the molecule is CCCCNC(=O)c1sc2c(c1OCCN1CCOCC1)c(=O)n(C)c1ccccc21.O=C(O)C(F)(F)F. The van der Waals surface area contributed by atoms with E-state index in [2.05, 4.69) is 17.1 Å². The number of aryl methyl sites for hydroxylation is 1. The standard InChI is InChI=1S/C23H29N3O4S.C2HF3O2/c1-3-4-9-24-22(27)21-19(30-15-12-26-10-13-29-14-11-26)18-20(31-21)16-7-5-6-8-17(16)25(2)23(18)28;3-2(4,5)1(6)7/h5-8H,3-4,9-15H2,1-2H3,(H,24,27);(H,6,7). The molecular formula is C25H30F3N3O6S. The number of nitrogens with zero attached hydrogens (tertiary/aromatic N) is 2. The zero-order valence-corrected chi connectivity index (χ0v) is 21.9. The summed E-state index contributed by atoms with van der Waals surface area (Å²) in [6.45, 7) is 7.01. The summed E-state index contributed by atoms with van der Waals surface area (Å²) in [6.07, 6.45) is -3.17. The Morgan fingerprint density at radius 2 is 1.87 bits per heavy atom. The molecule has 13 heteroatoms. The van der Waals surface area contributed by atoms with Gasteiger partial charge in [-0.15, -0.1) is 11.3 Å². The number of hydrogen-bond acceptors (Lipinski definition) is 7. The van der Waals surface area contributed by atoms with Gasteiger partial charge in [0.2, 0.25) is 0 Å². The fourth-order valence-corrected chi connectivity index (χ4v) is 5.07. The number of pyridine rings is 1. The van der Waals surface area contributed by atoms with Gasteiger partial charge in [0.05, 0.1) is 23.4 Å². The van der Waals surface area contributed by atoms with E-state index in [9.17, 15) is 22.8 Å². The number of carbonyl (C=O) groups is 2. The van der Waals surface area contributed by atoms with Crippen LogP contribution in [-0.4, -0.2) is 78.6 Å². The summed E-state index contributed by atoms with van der Waals surface area (Å²) in [5.74, 6) is -2.52. The third-order valence-electron chi connectivity index (χ3n) is 5.92. The van der Waals surface area contributed by atoms with Gasteiger partial charge in [-0.3, -0.25) is 14.5 Å². The number of carboxylic acid groups (broad SMARTS) is 1. The predicted molar refractivity (Wildman–Crippen MR) is 138 cm³/mol. The van der Waals surface area contributed by atoms with E-state index in [1.165, 1.54) is 11.3 Å². The highest BCUT2D eigenvalue weighted by atomic mass is 32.1. The third kappa shape index (κ3) is 7.03. The molecule has 1 fully saturated rings. The zero-order valence-electron chi connectivity index (χ0n) is 21.1. The van der Waals surface area contributed by atoms with Crippen LogP contribution in [0.4, 0.5) is 13.2 Å². The number of unbranched alkanes of at least 4 members (excludes halogenated alkanes) is 1. The van der Waals surface area contributed by atoms with E-state index in [0.717, 1.165) is 61.3 Å². The van der Waals surface area contributed by atoms with Crippen LogP contribution >= 0.6 is 11.3 Å². The van der Waals surface area contributed by atoms with Gasteiger partial charge in [-0.1, -0.05) is 31.5 Å². The number of halogens is 3. The van der Waals surface area contributed by atoms with Crippen LogP contribution in [0.2, 0.25) is 0 Å². The number of carbonyl (C=O) groups excluding carboxylic acids is 1. The van der Waals surface area contributed by atoms with Crippen molar-refractivity contribution in [1.29, 1.82) is 0 Å². The lowest BCUT2D eigenvalue weighted by molar-refractivity contribution is -0.192. The van der Waals surface area contributed by atoms with E-state index in [1.807, 2.05) is 24.3 Å². The number of hydrogen-bond donors (Lipinski definition) is 2. The molecule has 0 radical (unpaired) electrons. The number of aromatic nitrogens is 1. The van der Waals surface area contributed by atoms with Crippen molar-refractivity contribution in [2.45, 2.75) is 25.9 Å². The minimum Gasteiger partial charge on any atom is -0.490 e. The molecule has 1 amide bonds.